The number of para-hydroxylation sites is 2. The molecule has 0 fully saturated rings. The molecule has 4 nitrogen and oxygen atoms in total. The molecule has 6 aromatic carbocycles. The summed E-state index contributed by atoms with van der Waals surface area (Å²) in [5, 5.41) is 2.54. The molecule has 5 heteroatoms. The van der Waals surface area contributed by atoms with Crippen LogP contribution in [0.2, 0.25) is 0 Å². The molecular weight excluding hydrogens is 581 g/mol. The predicted octanol–water partition coefficient (Wildman–Crippen LogP) is 10.9. The standard InChI is InChI=1S/C41H26N4S/c1-4-13-28(14-5-1)39-42-40(29-15-6-2-7-16-29)44-41(43-39)30-25-23-27(24-26-30)32-20-12-21-34-36-38(46-37(32)34)33-19-10-11-22-35(33)45(36)31-17-8-3-9-18-31/h1-26H. The molecule has 0 atom stereocenters. The first-order valence-corrected chi connectivity index (χ1v) is 16.1. The normalized spacial score (nSPS) is 11.5. The topological polar surface area (TPSA) is 43.6 Å². The van der Waals surface area contributed by atoms with Crippen LogP contribution in [-0.2, 0) is 0 Å². The number of rotatable bonds is 5. The van der Waals surface area contributed by atoms with Gasteiger partial charge < -0.3 is 4.57 Å². The molecule has 0 bridgehead atoms. The monoisotopic (exact) mass is 606 g/mol. The maximum Gasteiger partial charge on any atom is 0.164 e. The van der Waals surface area contributed by atoms with E-state index in [1.54, 1.807) is 0 Å². The maximum atomic E-state index is 4.92. The highest BCUT2D eigenvalue weighted by atomic mass is 32.1. The van der Waals surface area contributed by atoms with Gasteiger partial charge in [-0.15, -0.1) is 11.3 Å². The Morgan fingerprint density at radius 2 is 0.891 bits per heavy atom. The van der Waals surface area contributed by atoms with E-state index in [2.05, 4.69) is 102 Å². The van der Waals surface area contributed by atoms with Crippen molar-refractivity contribution in [1.29, 1.82) is 0 Å². The average Bonchev–Trinajstić information content (AvgIpc) is 3.68. The first-order valence-electron chi connectivity index (χ1n) is 15.3. The van der Waals surface area contributed by atoms with Gasteiger partial charge in [0.25, 0.3) is 0 Å². The molecule has 0 aliphatic rings. The summed E-state index contributed by atoms with van der Waals surface area (Å²) in [5.74, 6) is 1.98. The van der Waals surface area contributed by atoms with Crippen LogP contribution < -0.4 is 0 Å². The minimum atomic E-state index is 0.655. The van der Waals surface area contributed by atoms with Crippen molar-refractivity contribution in [1.82, 2.24) is 19.5 Å². The van der Waals surface area contributed by atoms with Gasteiger partial charge in [-0.2, -0.15) is 0 Å². The van der Waals surface area contributed by atoms with Gasteiger partial charge in [0.2, 0.25) is 0 Å². The van der Waals surface area contributed by atoms with E-state index >= 15 is 0 Å². The largest absolute Gasteiger partial charge is 0.308 e. The lowest BCUT2D eigenvalue weighted by Crippen LogP contribution is -2.00. The molecule has 9 rings (SSSR count). The lowest BCUT2D eigenvalue weighted by molar-refractivity contribution is 1.07. The first-order chi connectivity index (χ1) is 22.8. The minimum Gasteiger partial charge on any atom is -0.308 e. The van der Waals surface area contributed by atoms with E-state index in [4.69, 9.17) is 15.0 Å². The molecule has 0 aliphatic carbocycles. The summed E-state index contributed by atoms with van der Waals surface area (Å²) in [5.41, 5.74) is 8.92. The zero-order valence-electron chi connectivity index (χ0n) is 24.7. The van der Waals surface area contributed by atoms with Gasteiger partial charge in [-0.3, -0.25) is 0 Å². The summed E-state index contributed by atoms with van der Waals surface area (Å²) in [6.07, 6.45) is 0. The highest BCUT2D eigenvalue weighted by Gasteiger charge is 2.19. The van der Waals surface area contributed by atoms with Crippen LogP contribution in [0.25, 0.3) is 82.2 Å². The Kier molecular flexibility index (Phi) is 6.28. The van der Waals surface area contributed by atoms with Gasteiger partial charge >= 0.3 is 0 Å². The third-order valence-electron chi connectivity index (χ3n) is 8.47. The van der Waals surface area contributed by atoms with Gasteiger partial charge in [-0.05, 0) is 29.3 Å². The van der Waals surface area contributed by atoms with Crippen LogP contribution in [0.3, 0.4) is 0 Å². The summed E-state index contributed by atoms with van der Waals surface area (Å²) in [7, 11) is 0. The van der Waals surface area contributed by atoms with Gasteiger partial charge in [0.1, 0.15) is 0 Å². The van der Waals surface area contributed by atoms with Gasteiger partial charge in [-0.1, -0.05) is 140 Å². The van der Waals surface area contributed by atoms with Crippen molar-refractivity contribution < 1.29 is 0 Å². The molecule has 9 aromatic rings. The molecule has 0 unspecified atom stereocenters. The molecule has 0 saturated heterocycles. The molecule has 0 saturated carbocycles. The first kappa shape index (κ1) is 26.5. The molecule has 3 aromatic heterocycles. The maximum absolute atomic E-state index is 4.92. The van der Waals surface area contributed by atoms with E-state index in [1.165, 1.54) is 42.5 Å². The van der Waals surface area contributed by atoms with Crippen LogP contribution in [0.4, 0.5) is 0 Å². The number of hydrogen-bond acceptors (Lipinski definition) is 4. The third-order valence-corrected chi connectivity index (χ3v) is 9.73. The van der Waals surface area contributed by atoms with Crippen molar-refractivity contribution in [2.24, 2.45) is 0 Å². The zero-order valence-corrected chi connectivity index (χ0v) is 25.5. The van der Waals surface area contributed by atoms with Gasteiger partial charge in [0.15, 0.2) is 17.5 Å². The molecule has 46 heavy (non-hydrogen) atoms. The molecule has 0 radical (unpaired) electrons. The Hall–Kier alpha value is -5.91. The lowest BCUT2D eigenvalue weighted by Gasteiger charge is -2.10. The molecule has 0 amide bonds. The molecular formula is C41H26N4S. The Balaban J connectivity index is 1.18. The van der Waals surface area contributed by atoms with Gasteiger partial charge in [-0.25, -0.2) is 15.0 Å². The van der Waals surface area contributed by atoms with E-state index in [0.717, 1.165) is 22.3 Å². The second kappa shape index (κ2) is 10.9. The van der Waals surface area contributed by atoms with Crippen molar-refractivity contribution >= 4 is 42.5 Å². The SMILES string of the molecule is c1ccc(-c2nc(-c3ccccc3)nc(-c3ccc(-c4cccc5c4sc4c6ccccc6n(-c6ccccc6)c54)cc3)n2)cc1. The van der Waals surface area contributed by atoms with E-state index in [1.807, 2.05) is 72.0 Å². The van der Waals surface area contributed by atoms with E-state index in [9.17, 15) is 0 Å². The Bertz CT molecular complexity index is 2440. The van der Waals surface area contributed by atoms with E-state index < -0.39 is 0 Å². The number of hydrogen-bond donors (Lipinski definition) is 0. The summed E-state index contributed by atoms with van der Waals surface area (Å²) in [6, 6.07) is 54.8. The average molecular weight is 607 g/mol. The quantitative estimate of drug-likeness (QED) is 0.196. The van der Waals surface area contributed by atoms with Crippen molar-refractivity contribution in [3.05, 3.63) is 158 Å². The zero-order chi connectivity index (χ0) is 30.5. The van der Waals surface area contributed by atoms with Crippen LogP contribution in [0.5, 0.6) is 0 Å². The summed E-state index contributed by atoms with van der Waals surface area (Å²) in [6.45, 7) is 0. The van der Waals surface area contributed by atoms with Crippen LogP contribution in [-0.4, -0.2) is 19.5 Å². The van der Waals surface area contributed by atoms with Gasteiger partial charge in [0.05, 0.1) is 15.7 Å². The number of aromatic nitrogens is 4. The molecule has 0 aliphatic heterocycles. The fourth-order valence-electron chi connectivity index (χ4n) is 6.30. The van der Waals surface area contributed by atoms with Crippen LogP contribution in [0.15, 0.2) is 158 Å². The second-order valence-corrected chi connectivity index (χ2v) is 12.3. The van der Waals surface area contributed by atoms with E-state index in [0.29, 0.717) is 17.5 Å². The van der Waals surface area contributed by atoms with Crippen LogP contribution >= 0.6 is 11.3 Å². The minimum absolute atomic E-state index is 0.655. The van der Waals surface area contributed by atoms with Crippen LogP contribution in [0, 0.1) is 0 Å². The van der Waals surface area contributed by atoms with E-state index in [-0.39, 0.29) is 0 Å². The number of thiophene rings is 1. The van der Waals surface area contributed by atoms with Crippen molar-refractivity contribution in [2.45, 2.75) is 0 Å². The van der Waals surface area contributed by atoms with Crippen LogP contribution in [0.1, 0.15) is 0 Å². The smallest absolute Gasteiger partial charge is 0.164 e. The fourth-order valence-corrected chi connectivity index (χ4v) is 7.66. The molecule has 3 heterocycles. The predicted molar refractivity (Wildman–Crippen MR) is 191 cm³/mol. The number of nitrogens with zero attached hydrogens (tertiary/aromatic N) is 4. The summed E-state index contributed by atoms with van der Waals surface area (Å²) in [4.78, 5) is 14.7. The summed E-state index contributed by atoms with van der Waals surface area (Å²) < 4.78 is 5.00. The summed E-state index contributed by atoms with van der Waals surface area (Å²) >= 11 is 1.87. The van der Waals surface area contributed by atoms with Crippen molar-refractivity contribution in [3.8, 4) is 51.0 Å². The Labute approximate surface area is 269 Å². The molecule has 216 valence electrons. The Morgan fingerprint density at radius 1 is 0.391 bits per heavy atom. The van der Waals surface area contributed by atoms with Gasteiger partial charge in [0, 0.05) is 37.9 Å². The second-order valence-electron chi connectivity index (χ2n) is 11.3. The highest BCUT2D eigenvalue weighted by Crippen LogP contribution is 2.45. The Morgan fingerprint density at radius 3 is 1.52 bits per heavy atom. The van der Waals surface area contributed by atoms with Crippen molar-refractivity contribution in [2.75, 3.05) is 0 Å². The lowest BCUT2D eigenvalue weighted by atomic mass is 10.0. The fraction of sp³-hybridized carbons (Fsp3) is 0. The molecule has 0 N–H and O–H groups in total. The number of benzene rings is 6. The molecule has 0 spiro atoms. The van der Waals surface area contributed by atoms with Crippen molar-refractivity contribution in [3.63, 3.8) is 0 Å². The highest BCUT2D eigenvalue weighted by molar-refractivity contribution is 7.27. The third kappa shape index (κ3) is 4.40. The number of fused-ring (bicyclic) bond motifs is 5.